The van der Waals surface area contributed by atoms with Gasteiger partial charge < -0.3 is 20.2 Å². The van der Waals surface area contributed by atoms with E-state index < -0.39 is 0 Å². The first-order chi connectivity index (χ1) is 16.1. The summed E-state index contributed by atoms with van der Waals surface area (Å²) in [6.45, 7) is -0.104. The predicted octanol–water partition coefficient (Wildman–Crippen LogP) is 3.70. The highest BCUT2D eigenvalue weighted by Gasteiger charge is 2.15. The highest BCUT2D eigenvalue weighted by Crippen LogP contribution is 2.33. The summed E-state index contributed by atoms with van der Waals surface area (Å²) in [7, 11) is 1.57. The molecule has 8 nitrogen and oxygen atoms in total. The fraction of sp³-hybridized carbons (Fsp3) is 0.0800. The Morgan fingerprint density at radius 2 is 1.79 bits per heavy atom. The number of amides is 1. The van der Waals surface area contributed by atoms with E-state index in [-0.39, 0.29) is 18.0 Å². The minimum Gasteiger partial charge on any atom is -0.481 e. The van der Waals surface area contributed by atoms with Crippen molar-refractivity contribution >= 4 is 33.7 Å². The molecular formula is C25H20N4O4. The lowest BCUT2D eigenvalue weighted by Gasteiger charge is -2.10. The second kappa shape index (κ2) is 8.25. The van der Waals surface area contributed by atoms with Crippen LogP contribution < -0.4 is 21.3 Å². The Morgan fingerprint density at radius 3 is 2.48 bits per heavy atom. The van der Waals surface area contributed by atoms with E-state index in [1.807, 2.05) is 24.3 Å². The van der Waals surface area contributed by atoms with Gasteiger partial charge in [-0.2, -0.15) is 0 Å². The average molecular weight is 440 g/mol. The summed E-state index contributed by atoms with van der Waals surface area (Å²) in [6.07, 6.45) is 1.74. The molecule has 0 aliphatic carbocycles. The standard InChI is InChI=1S/C25H20N4O4/c1-32-23-10-3-16(14-27-23)15-2-8-20-19(12-15)25-21(33-20)9-11-24(31)29(25)18-6-4-17(5-7-18)28-22(30)13-26/h2-12,14H,13,26H2,1H3,(H,28,30). The largest absolute Gasteiger partial charge is 0.481 e. The predicted molar refractivity (Wildman–Crippen MR) is 127 cm³/mol. The Bertz CT molecular complexity index is 1530. The van der Waals surface area contributed by atoms with E-state index >= 15 is 0 Å². The molecule has 0 atom stereocenters. The van der Waals surface area contributed by atoms with Crippen LogP contribution in [0.1, 0.15) is 0 Å². The molecule has 0 aliphatic heterocycles. The first kappa shape index (κ1) is 20.5. The summed E-state index contributed by atoms with van der Waals surface area (Å²) >= 11 is 0. The lowest BCUT2D eigenvalue weighted by Crippen LogP contribution is -2.22. The number of fused-ring (bicyclic) bond motifs is 3. The molecule has 5 aromatic rings. The molecule has 0 saturated carbocycles. The zero-order valence-electron chi connectivity index (χ0n) is 17.7. The number of carbonyl (C=O) groups is 1. The van der Waals surface area contributed by atoms with Crippen molar-refractivity contribution in [3.63, 3.8) is 0 Å². The van der Waals surface area contributed by atoms with Crippen LogP contribution in [0.15, 0.2) is 82.1 Å². The number of nitrogens with zero attached hydrogens (tertiary/aromatic N) is 2. The lowest BCUT2D eigenvalue weighted by atomic mass is 10.1. The smallest absolute Gasteiger partial charge is 0.255 e. The zero-order chi connectivity index (χ0) is 22.9. The number of hydrogen-bond acceptors (Lipinski definition) is 6. The van der Waals surface area contributed by atoms with Crippen LogP contribution in [-0.4, -0.2) is 29.1 Å². The molecule has 2 aromatic carbocycles. The monoisotopic (exact) mass is 440 g/mol. The number of carbonyl (C=O) groups excluding carboxylic acids is 1. The van der Waals surface area contributed by atoms with Crippen LogP contribution in [0.5, 0.6) is 5.88 Å². The van der Waals surface area contributed by atoms with Crippen molar-refractivity contribution in [2.24, 2.45) is 5.73 Å². The molecule has 3 N–H and O–H groups in total. The van der Waals surface area contributed by atoms with E-state index in [4.69, 9.17) is 14.9 Å². The first-order valence-electron chi connectivity index (χ1n) is 10.3. The molecule has 0 spiro atoms. The minimum absolute atomic E-state index is 0.104. The van der Waals surface area contributed by atoms with Crippen molar-refractivity contribution in [2.45, 2.75) is 0 Å². The lowest BCUT2D eigenvalue weighted by molar-refractivity contribution is -0.114. The number of benzene rings is 2. The number of rotatable bonds is 5. The van der Waals surface area contributed by atoms with Gasteiger partial charge in [0.1, 0.15) is 11.1 Å². The number of nitrogens with one attached hydrogen (secondary N) is 1. The second-order valence-electron chi connectivity index (χ2n) is 7.42. The molecule has 3 aromatic heterocycles. The third-order valence-corrected chi connectivity index (χ3v) is 5.38. The highest BCUT2D eigenvalue weighted by atomic mass is 16.5. The van der Waals surface area contributed by atoms with Crippen molar-refractivity contribution in [3.05, 3.63) is 83.3 Å². The molecule has 0 saturated heterocycles. The molecule has 3 heterocycles. The van der Waals surface area contributed by atoms with Crippen LogP contribution in [0.3, 0.4) is 0 Å². The molecule has 0 radical (unpaired) electrons. The molecule has 1 amide bonds. The van der Waals surface area contributed by atoms with Gasteiger partial charge in [0.05, 0.1) is 13.7 Å². The molecule has 0 aliphatic rings. The van der Waals surface area contributed by atoms with Gasteiger partial charge in [-0.1, -0.05) is 6.07 Å². The summed E-state index contributed by atoms with van der Waals surface area (Å²) in [5.74, 6) is 0.247. The SMILES string of the molecule is COc1ccc(-c2ccc3oc4ccc(=O)n(-c5ccc(NC(=O)CN)cc5)c4c3c2)cn1. The third-order valence-electron chi connectivity index (χ3n) is 5.38. The normalized spacial score (nSPS) is 11.1. The molecule has 0 bridgehead atoms. The van der Waals surface area contributed by atoms with E-state index in [9.17, 15) is 9.59 Å². The van der Waals surface area contributed by atoms with Gasteiger partial charge in [-0.05, 0) is 54.1 Å². The van der Waals surface area contributed by atoms with Crippen molar-refractivity contribution in [3.8, 4) is 22.7 Å². The van der Waals surface area contributed by atoms with Crippen LogP contribution in [0, 0.1) is 0 Å². The van der Waals surface area contributed by atoms with Crippen molar-refractivity contribution in [2.75, 3.05) is 19.0 Å². The van der Waals surface area contributed by atoms with Crippen LogP contribution in [0.25, 0.3) is 38.9 Å². The van der Waals surface area contributed by atoms with E-state index in [1.165, 1.54) is 6.07 Å². The van der Waals surface area contributed by atoms with Gasteiger partial charge in [-0.3, -0.25) is 14.2 Å². The van der Waals surface area contributed by atoms with Gasteiger partial charge >= 0.3 is 0 Å². The number of hydrogen-bond donors (Lipinski definition) is 2. The Balaban J connectivity index is 1.66. The summed E-state index contributed by atoms with van der Waals surface area (Å²) < 4.78 is 12.8. The topological polar surface area (TPSA) is 112 Å². The molecular weight excluding hydrogens is 420 g/mol. The molecule has 8 heteroatoms. The number of methoxy groups -OCH3 is 1. The van der Waals surface area contributed by atoms with Gasteiger partial charge in [0.2, 0.25) is 11.8 Å². The molecule has 5 rings (SSSR count). The van der Waals surface area contributed by atoms with Gasteiger partial charge in [-0.25, -0.2) is 4.98 Å². The maximum Gasteiger partial charge on any atom is 0.255 e. The Morgan fingerprint density at radius 1 is 1.03 bits per heavy atom. The number of pyridine rings is 2. The zero-order valence-corrected chi connectivity index (χ0v) is 17.7. The Hall–Kier alpha value is -4.43. The van der Waals surface area contributed by atoms with E-state index in [2.05, 4.69) is 10.3 Å². The Kier molecular flexibility index (Phi) is 5.12. The second-order valence-corrected chi connectivity index (χ2v) is 7.42. The number of furan rings is 1. The molecule has 0 fully saturated rings. The molecule has 33 heavy (non-hydrogen) atoms. The summed E-state index contributed by atoms with van der Waals surface area (Å²) in [4.78, 5) is 28.7. The average Bonchev–Trinajstić information content (AvgIpc) is 3.22. The fourth-order valence-corrected chi connectivity index (χ4v) is 3.79. The van der Waals surface area contributed by atoms with Crippen LogP contribution >= 0.6 is 0 Å². The summed E-state index contributed by atoms with van der Waals surface area (Å²) in [5.41, 5.74) is 10.2. The van der Waals surface area contributed by atoms with Crippen molar-refractivity contribution in [1.29, 1.82) is 0 Å². The number of anilines is 1. The van der Waals surface area contributed by atoms with Crippen LogP contribution in [-0.2, 0) is 4.79 Å². The summed E-state index contributed by atoms with van der Waals surface area (Å²) in [6, 6.07) is 19.7. The van der Waals surface area contributed by atoms with E-state index in [1.54, 1.807) is 54.3 Å². The van der Waals surface area contributed by atoms with Gasteiger partial charge in [0.25, 0.3) is 5.56 Å². The Labute approximate surface area is 188 Å². The summed E-state index contributed by atoms with van der Waals surface area (Å²) in [5, 5.41) is 3.50. The molecule has 0 unspecified atom stereocenters. The minimum atomic E-state index is -0.289. The number of nitrogens with two attached hydrogens (primary N) is 1. The van der Waals surface area contributed by atoms with E-state index in [0.717, 1.165) is 16.5 Å². The van der Waals surface area contributed by atoms with Crippen LogP contribution in [0.2, 0.25) is 0 Å². The van der Waals surface area contributed by atoms with Crippen molar-refractivity contribution < 1.29 is 13.9 Å². The third kappa shape index (κ3) is 3.72. The maximum absolute atomic E-state index is 12.9. The maximum atomic E-state index is 12.9. The molecule has 164 valence electrons. The first-order valence-corrected chi connectivity index (χ1v) is 10.3. The van der Waals surface area contributed by atoms with Crippen LogP contribution in [0.4, 0.5) is 5.69 Å². The fourth-order valence-electron chi connectivity index (χ4n) is 3.79. The quantitative estimate of drug-likeness (QED) is 0.431. The van der Waals surface area contributed by atoms with Crippen molar-refractivity contribution in [1.82, 2.24) is 9.55 Å². The van der Waals surface area contributed by atoms with Gasteiger partial charge in [0, 0.05) is 40.7 Å². The van der Waals surface area contributed by atoms with Gasteiger partial charge in [0.15, 0.2) is 5.58 Å². The van der Waals surface area contributed by atoms with Gasteiger partial charge in [-0.15, -0.1) is 0 Å². The number of aromatic nitrogens is 2. The van der Waals surface area contributed by atoms with E-state index in [0.29, 0.717) is 33.9 Å². The number of ether oxygens (including phenoxy) is 1. The highest BCUT2D eigenvalue weighted by molar-refractivity contribution is 6.05.